The monoisotopic (exact) mass is 432 g/mol. The minimum Gasteiger partial charge on any atom is -0.449 e. The molecule has 0 spiro atoms. The van der Waals surface area contributed by atoms with Gasteiger partial charge >= 0.3 is 5.97 Å². The van der Waals surface area contributed by atoms with Gasteiger partial charge in [0.05, 0.1) is 16.5 Å². The molecular formula is C22H28N2O5S. The summed E-state index contributed by atoms with van der Waals surface area (Å²) >= 11 is 0. The Hall–Kier alpha value is -2.71. The fourth-order valence-electron chi connectivity index (χ4n) is 2.91. The third-order valence-electron chi connectivity index (χ3n) is 4.48. The molecule has 0 saturated carbocycles. The smallest absolute Gasteiger partial charge is 0.338 e. The van der Waals surface area contributed by atoms with Crippen LogP contribution in [0.25, 0.3) is 0 Å². The highest BCUT2D eigenvalue weighted by atomic mass is 32.2. The summed E-state index contributed by atoms with van der Waals surface area (Å²) in [7, 11) is -3.60. The molecule has 0 aliphatic heterocycles. The molecule has 7 nitrogen and oxygen atoms in total. The molecule has 2 rings (SSSR count). The number of esters is 1. The Morgan fingerprint density at radius 3 is 2.20 bits per heavy atom. The predicted octanol–water partition coefficient (Wildman–Crippen LogP) is 3.19. The predicted molar refractivity (Wildman–Crippen MR) is 114 cm³/mol. The topological polar surface area (TPSA) is 102 Å². The minimum atomic E-state index is -3.60. The van der Waals surface area contributed by atoms with Crippen LogP contribution in [0, 0.1) is 0 Å². The average Bonchev–Trinajstić information content (AvgIpc) is 2.74. The normalized spacial score (nSPS) is 13.3. The summed E-state index contributed by atoms with van der Waals surface area (Å²) in [5.74, 6) is -1.09. The van der Waals surface area contributed by atoms with Gasteiger partial charge in [-0.3, -0.25) is 4.79 Å². The highest BCUT2D eigenvalue weighted by Crippen LogP contribution is 2.19. The van der Waals surface area contributed by atoms with Crippen molar-refractivity contribution in [3.05, 3.63) is 65.7 Å². The quantitative estimate of drug-likeness (QED) is 0.562. The lowest BCUT2D eigenvalue weighted by molar-refractivity contribution is -0.129. The lowest BCUT2D eigenvalue weighted by Crippen LogP contribution is -2.38. The summed E-state index contributed by atoms with van der Waals surface area (Å²) in [6.45, 7) is 5.48. The summed E-state index contributed by atoms with van der Waals surface area (Å²) in [6, 6.07) is 14.8. The number of ether oxygens (including phenoxy) is 1. The number of hydrogen-bond acceptors (Lipinski definition) is 5. The van der Waals surface area contributed by atoms with E-state index in [0.29, 0.717) is 0 Å². The molecule has 0 fully saturated rings. The lowest BCUT2D eigenvalue weighted by atomic mass is 10.0. The number of hydrogen-bond donors (Lipinski definition) is 2. The molecule has 8 heteroatoms. The van der Waals surface area contributed by atoms with E-state index >= 15 is 0 Å². The third-order valence-corrected chi connectivity index (χ3v) is 6.04. The molecule has 0 aliphatic carbocycles. The van der Waals surface area contributed by atoms with E-state index in [0.717, 1.165) is 18.4 Å². The Balaban J connectivity index is 2.01. The second kappa shape index (κ2) is 10.9. The molecule has 0 saturated heterocycles. The molecule has 1 amide bonds. The van der Waals surface area contributed by atoms with Crippen molar-refractivity contribution < 1.29 is 22.7 Å². The molecule has 0 aliphatic rings. The van der Waals surface area contributed by atoms with Crippen molar-refractivity contribution in [3.8, 4) is 0 Å². The van der Waals surface area contributed by atoms with Crippen molar-refractivity contribution in [1.82, 2.24) is 10.0 Å². The van der Waals surface area contributed by atoms with Crippen molar-refractivity contribution in [3.63, 3.8) is 0 Å². The Morgan fingerprint density at radius 2 is 1.63 bits per heavy atom. The summed E-state index contributed by atoms with van der Waals surface area (Å²) < 4.78 is 31.6. The van der Waals surface area contributed by atoms with Crippen LogP contribution in [0.1, 0.15) is 55.6 Å². The van der Waals surface area contributed by atoms with Crippen molar-refractivity contribution in [2.75, 3.05) is 6.54 Å². The van der Waals surface area contributed by atoms with Crippen LogP contribution in [-0.4, -0.2) is 32.9 Å². The van der Waals surface area contributed by atoms with Crippen LogP contribution in [-0.2, 0) is 19.6 Å². The molecule has 30 heavy (non-hydrogen) atoms. The fraction of sp³-hybridized carbons (Fsp3) is 0.364. The van der Waals surface area contributed by atoms with Crippen molar-refractivity contribution in [1.29, 1.82) is 0 Å². The van der Waals surface area contributed by atoms with Gasteiger partial charge < -0.3 is 10.1 Å². The minimum absolute atomic E-state index is 0.0527. The molecule has 0 heterocycles. The number of benzene rings is 2. The zero-order chi connectivity index (χ0) is 22.1. The molecule has 2 atom stereocenters. The number of carbonyl (C=O) groups excluding carboxylic acids is 2. The summed E-state index contributed by atoms with van der Waals surface area (Å²) in [5.41, 5.74) is 1.15. The first-order valence-corrected chi connectivity index (χ1v) is 11.4. The molecule has 2 N–H and O–H groups in total. The van der Waals surface area contributed by atoms with Gasteiger partial charge in [-0.1, -0.05) is 50.6 Å². The SMILES string of the molecule is CCCC(NC(=O)C(C)OC(=O)c1ccc(S(=O)(=O)NCC)cc1)c1ccccc1. The van der Waals surface area contributed by atoms with E-state index in [9.17, 15) is 18.0 Å². The highest BCUT2D eigenvalue weighted by molar-refractivity contribution is 7.89. The van der Waals surface area contributed by atoms with Gasteiger partial charge in [-0.2, -0.15) is 0 Å². The molecule has 162 valence electrons. The fourth-order valence-corrected chi connectivity index (χ4v) is 3.95. The number of rotatable bonds is 10. The molecular weight excluding hydrogens is 404 g/mol. The van der Waals surface area contributed by atoms with Crippen LogP contribution in [0.2, 0.25) is 0 Å². The Bertz CT molecular complexity index is 943. The number of amides is 1. The first kappa shape index (κ1) is 23.6. The average molecular weight is 433 g/mol. The molecule has 2 aromatic rings. The van der Waals surface area contributed by atoms with Crippen LogP contribution in [0.15, 0.2) is 59.5 Å². The van der Waals surface area contributed by atoms with E-state index < -0.39 is 28.0 Å². The zero-order valence-electron chi connectivity index (χ0n) is 17.4. The molecule has 0 bridgehead atoms. The van der Waals surface area contributed by atoms with Crippen LogP contribution >= 0.6 is 0 Å². The van der Waals surface area contributed by atoms with Gasteiger partial charge in [0.15, 0.2) is 6.10 Å². The van der Waals surface area contributed by atoms with Crippen molar-refractivity contribution in [2.24, 2.45) is 0 Å². The summed E-state index contributed by atoms with van der Waals surface area (Å²) in [6.07, 6.45) is 0.652. The van der Waals surface area contributed by atoms with E-state index in [-0.39, 0.29) is 23.0 Å². The van der Waals surface area contributed by atoms with Crippen molar-refractivity contribution in [2.45, 2.75) is 50.7 Å². The Morgan fingerprint density at radius 1 is 1.00 bits per heavy atom. The highest BCUT2D eigenvalue weighted by Gasteiger charge is 2.22. The molecule has 0 radical (unpaired) electrons. The summed E-state index contributed by atoms with van der Waals surface area (Å²) in [4.78, 5) is 25.0. The first-order valence-electron chi connectivity index (χ1n) is 9.94. The zero-order valence-corrected chi connectivity index (χ0v) is 18.2. The van der Waals surface area contributed by atoms with Crippen LogP contribution < -0.4 is 10.0 Å². The van der Waals surface area contributed by atoms with Gasteiger partial charge in [-0.25, -0.2) is 17.9 Å². The maximum atomic E-state index is 12.5. The second-order valence-corrected chi connectivity index (χ2v) is 8.60. The first-order chi connectivity index (χ1) is 14.3. The van der Waals surface area contributed by atoms with E-state index in [1.807, 2.05) is 37.3 Å². The van der Waals surface area contributed by atoms with E-state index in [1.54, 1.807) is 6.92 Å². The van der Waals surface area contributed by atoms with Gasteiger partial charge in [0, 0.05) is 6.54 Å². The standard InChI is InChI=1S/C22H28N2O5S/c1-4-9-20(17-10-7-6-8-11-17)24-21(25)16(3)29-22(26)18-12-14-19(15-13-18)30(27,28)23-5-2/h6-8,10-16,20,23H,4-5,9H2,1-3H3,(H,24,25). The molecule has 0 aromatic heterocycles. The van der Waals surface area contributed by atoms with E-state index in [1.165, 1.54) is 31.2 Å². The van der Waals surface area contributed by atoms with Gasteiger partial charge in [0.1, 0.15) is 0 Å². The van der Waals surface area contributed by atoms with Crippen molar-refractivity contribution >= 4 is 21.9 Å². The van der Waals surface area contributed by atoms with Crippen LogP contribution in [0.5, 0.6) is 0 Å². The number of sulfonamides is 1. The maximum Gasteiger partial charge on any atom is 0.338 e. The maximum absolute atomic E-state index is 12.5. The van der Waals surface area contributed by atoms with Gasteiger partial charge in [0.2, 0.25) is 10.0 Å². The Labute approximate surface area is 177 Å². The van der Waals surface area contributed by atoms with Crippen LogP contribution in [0.3, 0.4) is 0 Å². The van der Waals surface area contributed by atoms with Gasteiger partial charge in [0.25, 0.3) is 5.91 Å². The van der Waals surface area contributed by atoms with Gasteiger partial charge in [-0.05, 0) is 43.2 Å². The number of carbonyl (C=O) groups is 2. The van der Waals surface area contributed by atoms with Crippen LogP contribution in [0.4, 0.5) is 0 Å². The summed E-state index contributed by atoms with van der Waals surface area (Å²) in [5, 5.41) is 2.93. The third kappa shape index (κ3) is 6.40. The van der Waals surface area contributed by atoms with Gasteiger partial charge in [-0.15, -0.1) is 0 Å². The lowest BCUT2D eigenvalue weighted by Gasteiger charge is -2.21. The number of nitrogens with one attached hydrogen (secondary N) is 2. The van der Waals surface area contributed by atoms with E-state index in [4.69, 9.17) is 4.74 Å². The molecule has 2 unspecified atom stereocenters. The molecule has 2 aromatic carbocycles. The second-order valence-electron chi connectivity index (χ2n) is 6.83. The Kier molecular flexibility index (Phi) is 8.56. The largest absolute Gasteiger partial charge is 0.449 e. The van der Waals surface area contributed by atoms with E-state index in [2.05, 4.69) is 10.0 Å².